The van der Waals surface area contributed by atoms with E-state index in [0.29, 0.717) is 0 Å². The number of carbonyl (C=O) groups excluding carboxylic acids is 3. The molecule has 1 unspecified atom stereocenters. The van der Waals surface area contributed by atoms with Gasteiger partial charge in [-0.2, -0.15) is 13.2 Å². The summed E-state index contributed by atoms with van der Waals surface area (Å²) < 4.78 is 69.1. The number of amides is 2. The van der Waals surface area contributed by atoms with Crippen molar-refractivity contribution in [3.63, 3.8) is 0 Å². The van der Waals surface area contributed by atoms with Crippen LogP contribution < -0.4 is 20.7 Å². The number of hydrogen-bond acceptors (Lipinski definition) is 6. The van der Waals surface area contributed by atoms with Crippen molar-refractivity contribution in [2.45, 2.75) is 49.9 Å². The van der Waals surface area contributed by atoms with Crippen molar-refractivity contribution in [3.8, 4) is 5.75 Å². The lowest BCUT2D eigenvalue weighted by Crippen LogP contribution is -2.51. The third-order valence-electron chi connectivity index (χ3n) is 8.77. The number of anilines is 2. The van der Waals surface area contributed by atoms with E-state index in [2.05, 4.69) is 16.0 Å². The number of fused-ring (bicyclic) bond motifs is 2. The first-order valence-electron chi connectivity index (χ1n) is 14.0. The van der Waals surface area contributed by atoms with Gasteiger partial charge < -0.3 is 25.4 Å². The van der Waals surface area contributed by atoms with Gasteiger partial charge in [-0.15, -0.1) is 0 Å². The number of alkyl halides is 3. The van der Waals surface area contributed by atoms with E-state index in [-0.39, 0.29) is 43.9 Å². The van der Waals surface area contributed by atoms with Gasteiger partial charge in [0.15, 0.2) is 0 Å². The molecule has 3 aromatic carbocycles. The summed E-state index contributed by atoms with van der Waals surface area (Å²) in [6.45, 7) is 1.99. The number of esters is 1. The lowest BCUT2D eigenvalue weighted by Gasteiger charge is -2.39. The highest BCUT2D eigenvalue weighted by Crippen LogP contribution is 2.58. The summed E-state index contributed by atoms with van der Waals surface area (Å²) in [7, 11) is 2.50. The fourth-order valence-corrected chi connectivity index (χ4v) is 6.77. The van der Waals surface area contributed by atoms with Gasteiger partial charge in [-0.25, -0.2) is 9.18 Å². The molecule has 0 aromatic heterocycles. The third kappa shape index (κ3) is 5.46. The normalized spacial score (nSPS) is 22.4. The van der Waals surface area contributed by atoms with Crippen LogP contribution in [0.4, 0.5) is 28.9 Å². The van der Waals surface area contributed by atoms with Crippen LogP contribution in [0.2, 0.25) is 10.0 Å². The van der Waals surface area contributed by atoms with Crippen LogP contribution >= 0.6 is 23.2 Å². The van der Waals surface area contributed by atoms with Gasteiger partial charge in [0, 0.05) is 22.7 Å². The first-order chi connectivity index (χ1) is 21.6. The lowest BCUT2D eigenvalue weighted by atomic mass is 9.62. The average molecular weight is 682 g/mol. The summed E-state index contributed by atoms with van der Waals surface area (Å²) in [6.07, 6.45) is -5.36. The van der Waals surface area contributed by atoms with Crippen molar-refractivity contribution >= 4 is 52.4 Å². The number of rotatable bonds is 7. The molecule has 5 rings (SSSR count). The summed E-state index contributed by atoms with van der Waals surface area (Å²) in [6, 6.07) is 9.75. The van der Waals surface area contributed by atoms with Gasteiger partial charge in [-0.05, 0) is 53.9 Å². The molecular formula is C32H29Cl2F4N3O5. The fourth-order valence-electron chi connectivity index (χ4n) is 6.42. The van der Waals surface area contributed by atoms with Crippen molar-refractivity contribution in [1.29, 1.82) is 0 Å². The quantitative estimate of drug-likeness (QED) is 0.186. The Balaban J connectivity index is 1.71. The number of methoxy groups -OCH3 is 2. The second-order valence-corrected chi connectivity index (χ2v) is 12.7. The third-order valence-corrected chi connectivity index (χ3v) is 9.29. The van der Waals surface area contributed by atoms with Crippen molar-refractivity contribution < 1.29 is 41.4 Å². The van der Waals surface area contributed by atoms with E-state index >= 15 is 4.39 Å². The topological polar surface area (TPSA) is 106 Å². The van der Waals surface area contributed by atoms with E-state index in [0.717, 1.165) is 13.8 Å². The molecule has 4 atom stereocenters. The monoisotopic (exact) mass is 681 g/mol. The van der Waals surface area contributed by atoms with Crippen molar-refractivity contribution in [2.24, 2.45) is 5.41 Å². The van der Waals surface area contributed by atoms with Crippen LogP contribution in [0.1, 0.15) is 47.7 Å². The molecule has 0 aliphatic carbocycles. The highest BCUT2D eigenvalue weighted by molar-refractivity contribution is 6.31. The maximum absolute atomic E-state index is 16.0. The number of ether oxygens (including phenoxy) is 2. The largest absolute Gasteiger partial charge is 0.495 e. The number of carbonyl (C=O) groups is 3. The Hall–Kier alpha value is -3.87. The highest BCUT2D eigenvalue weighted by atomic mass is 35.5. The fraction of sp³-hybridized carbons (Fsp3) is 0.344. The molecule has 1 saturated heterocycles. The van der Waals surface area contributed by atoms with Gasteiger partial charge in [-0.1, -0.05) is 55.2 Å². The first kappa shape index (κ1) is 33.5. The number of benzene rings is 3. The van der Waals surface area contributed by atoms with E-state index in [1.54, 1.807) is 0 Å². The predicted molar refractivity (Wildman–Crippen MR) is 164 cm³/mol. The molecule has 0 saturated carbocycles. The Morgan fingerprint density at radius 1 is 1.04 bits per heavy atom. The number of halogens is 6. The smallest absolute Gasteiger partial charge is 0.394 e. The van der Waals surface area contributed by atoms with E-state index in [4.69, 9.17) is 32.7 Å². The molecule has 8 nitrogen and oxygen atoms in total. The Labute approximate surface area is 271 Å². The molecular weight excluding hydrogens is 653 g/mol. The van der Waals surface area contributed by atoms with Gasteiger partial charge in [0.1, 0.15) is 17.0 Å². The molecule has 0 bridgehead atoms. The Morgan fingerprint density at radius 2 is 1.76 bits per heavy atom. The minimum Gasteiger partial charge on any atom is -0.495 e. The summed E-state index contributed by atoms with van der Waals surface area (Å²) >= 11 is 12.4. The van der Waals surface area contributed by atoms with Crippen LogP contribution in [0.25, 0.3) is 0 Å². The Kier molecular flexibility index (Phi) is 8.78. The first-order valence-corrected chi connectivity index (χ1v) is 14.8. The average Bonchev–Trinajstić information content (AvgIpc) is 3.47. The predicted octanol–water partition coefficient (Wildman–Crippen LogP) is 6.86. The second-order valence-electron chi connectivity index (χ2n) is 11.8. The van der Waals surface area contributed by atoms with Crippen LogP contribution in [0, 0.1) is 11.2 Å². The van der Waals surface area contributed by atoms with Crippen LogP contribution in [0.5, 0.6) is 5.75 Å². The van der Waals surface area contributed by atoms with Crippen LogP contribution in [-0.2, 0) is 19.7 Å². The molecule has 14 heteroatoms. The molecule has 2 amide bonds. The molecule has 3 aromatic rings. The Morgan fingerprint density at radius 3 is 2.41 bits per heavy atom. The molecule has 244 valence electrons. The molecule has 1 spiro atoms. The summed E-state index contributed by atoms with van der Waals surface area (Å²) in [4.78, 5) is 40.5. The molecule has 0 radical (unpaired) electrons. The summed E-state index contributed by atoms with van der Waals surface area (Å²) in [5.41, 5.74) is -3.72. The number of hydrogen-bond donors (Lipinski definition) is 3. The van der Waals surface area contributed by atoms with Crippen LogP contribution in [0.15, 0.2) is 54.6 Å². The summed E-state index contributed by atoms with van der Waals surface area (Å²) in [5, 5.41) is 8.33. The molecule has 3 N–H and O–H groups in total. The van der Waals surface area contributed by atoms with Crippen molar-refractivity contribution in [3.05, 3.63) is 87.2 Å². The zero-order chi connectivity index (χ0) is 33.8. The highest BCUT2D eigenvalue weighted by Gasteiger charge is 2.67. The van der Waals surface area contributed by atoms with Crippen LogP contribution in [0.3, 0.4) is 0 Å². The SMILES string of the molecule is COC(=O)c1ccc(NC(=O)[C@@H]2N[C@@H](CC(C)(C)C(F)(F)F)C3(C(=O)Nc4cc(Cl)ccc43)[C@H]2c2cccc(Cl)c2F)c(OC)c1. The molecule has 2 aliphatic heterocycles. The van der Waals surface area contributed by atoms with Gasteiger partial charge in [0.05, 0.1) is 41.9 Å². The lowest BCUT2D eigenvalue weighted by molar-refractivity contribution is -0.216. The van der Waals surface area contributed by atoms with Gasteiger partial charge in [0.25, 0.3) is 0 Å². The van der Waals surface area contributed by atoms with E-state index in [1.807, 2.05) is 0 Å². The minimum absolute atomic E-state index is 0.0720. The van der Waals surface area contributed by atoms with Crippen molar-refractivity contribution in [2.75, 3.05) is 24.9 Å². The van der Waals surface area contributed by atoms with Crippen LogP contribution in [-0.4, -0.2) is 50.3 Å². The van der Waals surface area contributed by atoms with E-state index in [1.165, 1.54) is 68.8 Å². The summed E-state index contributed by atoms with van der Waals surface area (Å²) in [5.74, 6) is -4.46. The maximum atomic E-state index is 16.0. The van der Waals surface area contributed by atoms with Gasteiger partial charge in [0.2, 0.25) is 11.8 Å². The molecule has 1 fully saturated rings. The zero-order valence-electron chi connectivity index (χ0n) is 24.9. The minimum atomic E-state index is -4.69. The molecule has 2 heterocycles. The Bertz CT molecular complexity index is 1730. The van der Waals surface area contributed by atoms with Gasteiger partial charge in [-0.3, -0.25) is 9.59 Å². The van der Waals surface area contributed by atoms with E-state index in [9.17, 15) is 27.6 Å². The number of nitrogens with one attached hydrogen (secondary N) is 3. The standard InChI is InChI=1S/C32H29Cl2F4N3O5/c1-30(2,32(36,37)38)14-23-31(18-10-9-16(33)13-21(18)40-29(31)44)24(17-6-5-7-19(34)25(17)35)26(41-23)27(42)39-20-11-8-15(28(43)46-4)12-22(20)45-3/h5-13,23-24,26,41H,14H2,1-4H3,(H,39,42)(H,40,44)/t23-,24-,26+,31?/m0/s1. The molecule has 2 aliphatic rings. The van der Waals surface area contributed by atoms with Gasteiger partial charge >= 0.3 is 12.1 Å². The maximum Gasteiger partial charge on any atom is 0.394 e. The molecule has 46 heavy (non-hydrogen) atoms. The van der Waals surface area contributed by atoms with Crippen molar-refractivity contribution in [1.82, 2.24) is 5.32 Å². The second kappa shape index (κ2) is 12.1. The zero-order valence-corrected chi connectivity index (χ0v) is 26.5. The van der Waals surface area contributed by atoms with E-state index < -0.39 is 65.0 Å².